The third-order valence-corrected chi connectivity index (χ3v) is 6.01. The number of nitrogens with zero attached hydrogens (tertiary/aromatic N) is 2. The molecule has 0 aromatic heterocycles. The highest BCUT2D eigenvalue weighted by atomic mass is 16.6. The SMILES string of the molecule is COC(=O)c1ccc([C@H]2/C(=C(\O)c3ccc4c(c3)OCCO4)C(=O)C(=O)N2CCCN(C)C)cc1. The second-order valence-electron chi connectivity index (χ2n) is 8.62. The summed E-state index contributed by atoms with van der Waals surface area (Å²) in [5.41, 5.74) is 1.27. The van der Waals surface area contributed by atoms with E-state index in [2.05, 4.69) is 0 Å². The third-order valence-electron chi connectivity index (χ3n) is 6.01. The predicted octanol–water partition coefficient (Wildman–Crippen LogP) is 2.62. The van der Waals surface area contributed by atoms with Crippen LogP contribution in [0.5, 0.6) is 11.5 Å². The first-order chi connectivity index (χ1) is 16.8. The van der Waals surface area contributed by atoms with Gasteiger partial charge in [0.15, 0.2) is 11.5 Å². The van der Waals surface area contributed by atoms with Crippen LogP contribution in [0.25, 0.3) is 5.76 Å². The summed E-state index contributed by atoms with van der Waals surface area (Å²) in [4.78, 5) is 41.6. The highest BCUT2D eigenvalue weighted by Gasteiger charge is 2.45. The Bertz CT molecular complexity index is 1170. The normalized spacial score (nSPS) is 18.7. The summed E-state index contributed by atoms with van der Waals surface area (Å²) in [6.45, 7) is 1.85. The molecule has 9 heteroatoms. The number of hydrogen-bond acceptors (Lipinski definition) is 8. The Hall–Kier alpha value is -3.85. The maximum atomic E-state index is 13.2. The van der Waals surface area contributed by atoms with Crippen LogP contribution in [0.4, 0.5) is 0 Å². The van der Waals surface area contributed by atoms with E-state index in [-0.39, 0.29) is 11.3 Å². The van der Waals surface area contributed by atoms with E-state index in [9.17, 15) is 19.5 Å². The molecule has 2 aromatic carbocycles. The van der Waals surface area contributed by atoms with E-state index in [0.717, 1.165) is 6.54 Å². The summed E-state index contributed by atoms with van der Waals surface area (Å²) in [5, 5.41) is 11.3. The molecule has 0 bridgehead atoms. The average Bonchev–Trinajstić information content (AvgIpc) is 3.12. The number of fused-ring (bicyclic) bond motifs is 1. The van der Waals surface area contributed by atoms with Crippen LogP contribution in [0.3, 0.4) is 0 Å². The molecule has 0 saturated carbocycles. The van der Waals surface area contributed by atoms with Crippen molar-refractivity contribution in [2.24, 2.45) is 0 Å². The topological polar surface area (TPSA) is 106 Å². The van der Waals surface area contributed by atoms with Crippen LogP contribution >= 0.6 is 0 Å². The predicted molar refractivity (Wildman–Crippen MR) is 127 cm³/mol. The summed E-state index contributed by atoms with van der Waals surface area (Å²) in [6, 6.07) is 10.6. The quantitative estimate of drug-likeness (QED) is 0.279. The van der Waals surface area contributed by atoms with Crippen molar-refractivity contribution in [1.29, 1.82) is 0 Å². The lowest BCUT2D eigenvalue weighted by Crippen LogP contribution is -2.32. The fourth-order valence-electron chi connectivity index (χ4n) is 4.28. The lowest BCUT2D eigenvalue weighted by Gasteiger charge is -2.26. The van der Waals surface area contributed by atoms with Gasteiger partial charge in [-0.05, 0) is 63.0 Å². The van der Waals surface area contributed by atoms with Gasteiger partial charge >= 0.3 is 5.97 Å². The van der Waals surface area contributed by atoms with Crippen LogP contribution in [0.15, 0.2) is 48.0 Å². The molecule has 0 unspecified atom stereocenters. The average molecular weight is 481 g/mol. The number of esters is 1. The van der Waals surface area contributed by atoms with Crippen molar-refractivity contribution in [3.05, 3.63) is 64.7 Å². The number of ether oxygens (including phenoxy) is 3. The summed E-state index contributed by atoms with van der Waals surface area (Å²) in [6.07, 6.45) is 0.640. The molecule has 2 aliphatic rings. The first-order valence-electron chi connectivity index (χ1n) is 11.3. The zero-order valence-electron chi connectivity index (χ0n) is 19.9. The van der Waals surface area contributed by atoms with E-state index < -0.39 is 23.7 Å². The number of methoxy groups -OCH3 is 1. The van der Waals surface area contributed by atoms with Gasteiger partial charge in [-0.2, -0.15) is 0 Å². The first kappa shape index (κ1) is 24.3. The summed E-state index contributed by atoms with van der Waals surface area (Å²) < 4.78 is 15.9. The number of aliphatic hydroxyl groups excluding tert-OH is 1. The Labute approximate surface area is 203 Å². The number of Topliss-reactive ketones (excluding diaryl/α,β-unsaturated/α-hetero) is 1. The lowest BCUT2D eigenvalue weighted by molar-refractivity contribution is -0.139. The maximum Gasteiger partial charge on any atom is 0.337 e. The standard InChI is InChI=1S/C26H28N2O7/c1-27(2)11-4-12-28-22(16-5-7-17(8-6-16)26(32)33-3)21(24(30)25(28)31)23(29)18-9-10-19-20(15-18)35-14-13-34-19/h5-10,15,22,29H,4,11-14H2,1-3H3/b23-21+/t22-/m0/s1. The zero-order chi connectivity index (χ0) is 25.1. The van der Waals surface area contributed by atoms with E-state index in [0.29, 0.717) is 54.4 Å². The van der Waals surface area contributed by atoms with Crippen LogP contribution in [0.1, 0.15) is 33.9 Å². The fourth-order valence-corrected chi connectivity index (χ4v) is 4.28. The van der Waals surface area contributed by atoms with Crippen molar-refractivity contribution in [2.45, 2.75) is 12.5 Å². The van der Waals surface area contributed by atoms with Gasteiger partial charge in [-0.1, -0.05) is 12.1 Å². The highest BCUT2D eigenvalue weighted by Crippen LogP contribution is 2.41. The second-order valence-corrected chi connectivity index (χ2v) is 8.62. The third kappa shape index (κ3) is 4.85. The van der Waals surface area contributed by atoms with E-state index >= 15 is 0 Å². The van der Waals surface area contributed by atoms with Crippen LogP contribution in [-0.2, 0) is 14.3 Å². The van der Waals surface area contributed by atoms with Crippen molar-refractivity contribution in [3.8, 4) is 11.5 Å². The van der Waals surface area contributed by atoms with Gasteiger partial charge < -0.3 is 29.1 Å². The first-order valence-corrected chi connectivity index (χ1v) is 11.3. The number of amides is 1. The Morgan fingerprint density at radius 3 is 2.37 bits per heavy atom. The van der Waals surface area contributed by atoms with Crippen molar-refractivity contribution < 1.29 is 33.7 Å². The number of ketones is 1. The van der Waals surface area contributed by atoms with Gasteiger partial charge in [-0.25, -0.2) is 4.79 Å². The molecule has 0 aliphatic carbocycles. The van der Waals surface area contributed by atoms with Crippen LogP contribution in [0, 0.1) is 0 Å². The minimum Gasteiger partial charge on any atom is -0.507 e. The van der Waals surface area contributed by atoms with Gasteiger partial charge in [0, 0.05) is 12.1 Å². The molecule has 0 radical (unpaired) electrons. The summed E-state index contributed by atoms with van der Waals surface area (Å²) >= 11 is 0. The van der Waals surface area contributed by atoms with Crippen molar-refractivity contribution >= 4 is 23.4 Å². The number of carbonyl (C=O) groups is 3. The molecular weight excluding hydrogens is 452 g/mol. The Kier molecular flexibility index (Phi) is 7.07. The monoisotopic (exact) mass is 480 g/mol. The molecule has 1 N–H and O–H groups in total. The maximum absolute atomic E-state index is 13.2. The van der Waals surface area contributed by atoms with Crippen LogP contribution in [0.2, 0.25) is 0 Å². The molecule has 184 valence electrons. The van der Waals surface area contributed by atoms with Gasteiger partial charge in [0.2, 0.25) is 0 Å². The van der Waals surface area contributed by atoms with Gasteiger partial charge in [0.25, 0.3) is 11.7 Å². The van der Waals surface area contributed by atoms with Crippen molar-refractivity contribution in [1.82, 2.24) is 9.80 Å². The Balaban J connectivity index is 1.77. The van der Waals surface area contributed by atoms with Gasteiger partial charge in [-0.3, -0.25) is 9.59 Å². The molecule has 1 fully saturated rings. The van der Waals surface area contributed by atoms with Crippen molar-refractivity contribution in [3.63, 3.8) is 0 Å². The molecule has 9 nitrogen and oxygen atoms in total. The number of carbonyl (C=O) groups excluding carboxylic acids is 3. The van der Waals surface area contributed by atoms with E-state index in [4.69, 9.17) is 14.2 Å². The number of likely N-dealkylation sites (tertiary alicyclic amines) is 1. The molecule has 2 aliphatic heterocycles. The van der Waals surface area contributed by atoms with Gasteiger partial charge in [-0.15, -0.1) is 0 Å². The second kappa shape index (κ2) is 10.2. The highest BCUT2D eigenvalue weighted by molar-refractivity contribution is 6.46. The van der Waals surface area contributed by atoms with Crippen LogP contribution in [-0.4, -0.2) is 80.1 Å². The number of rotatable bonds is 7. The summed E-state index contributed by atoms with van der Waals surface area (Å²) in [7, 11) is 5.15. The molecule has 4 rings (SSSR count). The number of benzene rings is 2. The zero-order valence-corrected chi connectivity index (χ0v) is 19.9. The van der Waals surface area contributed by atoms with E-state index in [1.807, 2.05) is 19.0 Å². The smallest absolute Gasteiger partial charge is 0.337 e. The minimum absolute atomic E-state index is 0.0117. The Morgan fingerprint density at radius 1 is 1.06 bits per heavy atom. The van der Waals surface area contributed by atoms with E-state index in [1.54, 1.807) is 42.5 Å². The molecule has 0 spiro atoms. The van der Waals surface area contributed by atoms with Gasteiger partial charge in [0.05, 0.1) is 24.3 Å². The molecule has 2 heterocycles. The number of hydrogen-bond donors (Lipinski definition) is 1. The molecule has 1 amide bonds. The summed E-state index contributed by atoms with van der Waals surface area (Å²) in [5.74, 6) is -1.22. The molecule has 2 aromatic rings. The van der Waals surface area contributed by atoms with Crippen LogP contribution < -0.4 is 9.47 Å². The fraction of sp³-hybridized carbons (Fsp3) is 0.346. The lowest BCUT2D eigenvalue weighted by atomic mass is 9.94. The molecule has 1 atom stereocenters. The van der Waals surface area contributed by atoms with Gasteiger partial charge in [0.1, 0.15) is 19.0 Å². The largest absolute Gasteiger partial charge is 0.507 e. The Morgan fingerprint density at radius 2 is 1.71 bits per heavy atom. The minimum atomic E-state index is -0.808. The van der Waals surface area contributed by atoms with Crippen molar-refractivity contribution in [2.75, 3.05) is 47.5 Å². The molecule has 35 heavy (non-hydrogen) atoms. The molecule has 1 saturated heterocycles. The number of aliphatic hydroxyl groups is 1. The molecular formula is C26H28N2O7. The van der Waals surface area contributed by atoms with E-state index in [1.165, 1.54) is 12.0 Å².